The van der Waals surface area contributed by atoms with Crippen molar-refractivity contribution in [1.29, 1.82) is 0 Å². The maximum Gasteiger partial charge on any atom is 0.179 e. The van der Waals surface area contributed by atoms with E-state index in [-0.39, 0.29) is 5.82 Å². The van der Waals surface area contributed by atoms with Gasteiger partial charge in [-0.05, 0) is 38.1 Å². The fourth-order valence-electron chi connectivity index (χ4n) is 1.92. The van der Waals surface area contributed by atoms with Crippen molar-refractivity contribution in [3.63, 3.8) is 0 Å². The first-order chi connectivity index (χ1) is 9.15. The zero-order chi connectivity index (χ0) is 13.8. The summed E-state index contributed by atoms with van der Waals surface area (Å²) in [7, 11) is 0. The number of hydrogen-bond acceptors (Lipinski definition) is 4. The SMILES string of the molecule is CCOC(OCC)C(N)c1cc2cc(F)ccc2o1. The molecule has 19 heavy (non-hydrogen) atoms. The largest absolute Gasteiger partial charge is 0.459 e. The molecule has 0 amide bonds. The normalized spacial score (nSPS) is 13.3. The molecule has 1 aromatic heterocycles. The second-order valence-corrected chi connectivity index (χ2v) is 4.14. The highest BCUT2D eigenvalue weighted by atomic mass is 19.1. The maximum absolute atomic E-state index is 13.1. The number of furan rings is 1. The number of halogens is 1. The average Bonchev–Trinajstić information content (AvgIpc) is 2.80. The van der Waals surface area contributed by atoms with Gasteiger partial charge in [0, 0.05) is 18.6 Å². The van der Waals surface area contributed by atoms with E-state index in [4.69, 9.17) is 19.6 Å². The highest BCUT2D eigenvalue weighted by molar-refractivity contribution is 5.78. The molecule has 1 heterocycles. The van der Waals surface area contributed by atoms with Crippen LogP contribution in [0.1, 0.15) is 25.6 Å². The number of fused-ring (bicyclic) bond motifs is 1. The van der Waals surface area contributed by atoms with Crippen LogP contribution in [0.2, 0.25) is 0 Å². The van der Waals surface area contributed by atoms with Crippen molar-refractivity contribution < 1.29 is 18.3 Å². The van der Waals surface area contributed by atoms with E-state index >= 15 is 0 Å². The van der Waals surface area contributed by atoms with Gasteiger partial charge in [-0.25, -0.2) is 4.39 Å². The summed E-state index contributed by atoms with van der Waals surface area (Å²) in [5, 5.41) is 0.678. The van der Waals surface area contributed by atoms with Crippen molar-refractivity contribution in [1.82, 2.24) is 0 Å². The van der Waals surface area contributed by atoms with Crippen LogP contribution in [0.4, 0.5) is 4.39 Å². The summed E-state index contributed by atoms with van der Waals surface area (Å²) in [6, 6.07) is 5.51. The molecule has 2 aromatic rings. The lowest BCUT2D eigenvalue weighted by Gasteiger charge is -2.21. The fourth-order valence-corrected chi connectivity index (χ4v) is 1.92. The van der Waals surface area contributed by atoms with E-state index in [1.807, 2.05) is 13.8 Å². The molecular formula is C14H18FNO3. The van der Waals surface area contributed by atoms with Gasteiger partial charge < -0.3 is 19.6 Å². The summed E-state index contributed by atoms with van der Waals surface area (Å²) in [6.45, 7) is 4.72. The minimum atomic E-state index is -0.569. The Kier molecular flexibility index (Phi) is 4.52. The van der Waals surface area contributed by atoms with Gasteiger partial charge >= 0.3 is 0 Å². The van der Waals surface area contributed by atoms with E-state index in [2.05, 4.69) is 0 Å². The molecule has 0 bridgehead atoms. The van der Waals surface area contributed by atoms with Crippen LogP contribution in [-0.4, -0.2) is 19.5 Å². The Morgan fingerprint density at radius 2 is 1.89 bits per heavy atom. The third-order valence-electron chi connectivity index (χ3n) is 2.78. The van der Waals surface area contributed by atoms with Gasteiger partial charge in [-0.2, -0.15) is 0 Å². The van der Waals surface area contributed by atoms with Crippen LogP contribution >= 0.6 is 0 Å². The fraction of sp³-hybridized carbons (Fsp3) is 0.429. The minimum absolute atomic E-state index is 0.306. The van der Waals surface area contributed by atoms with Crippen molar-refractivity contribution in [3.05, 3.63) is 35.8 Å². The Morgan fingerprint density at radius 3 is 2.53 bits per heavy atom. The van der Waals surface area contributed by atoms with Gasteiger partial charge in [-0.15, -0.1) is 0 Å². The Labute approximate surface area is 111 Å². The molecule has 0 radical (unpaired) electrons. The molecule has 0 spiro atoms. The van der Waals surface area contributed by atoms with Crippen LogP contribution in [0.15, 0.2) is 28.7 Å². The molecule has 2 N–H and O–H groups in total. The first-order valence-corrected chi connectivity index (χ1v) is 6.33. The van der Waals surface area contributed by atoms with Crippen molar-refractivity contribution >= 4 is 11.0 Å². The quantitative estimate of drug-likeness (QED) is 0.817. The van der Waals surface area contributed by atoms with Gasteiger partial charge in [0.2, 0.25) is 0 Å². The molecule has 2 rings (SSSR count). The molecule has 0 saturated heterocycles. The van der Waals surface area contributed by atoms with E-state index in [0.29, 0.717) is 29.9 Å². The van der Waals surface area contributed by atoms with Crippen LogP contribution in [0.25, 0.3) is 11.0 Å². The lowest BCUT2D eigenvalue weighted by atomic mass is 10.2. The van der Waals surface area contributed by atoms with Crippen molar-refractivity contribution in [3.8, 4) is 0 Å². The Balaban J connectivity index is 2.26. The smallest absolute Gasteiger partial charge is 0.179 e. The number of benzene rings is 1. The lowest BCUT2D eigenvalue weighted by Crippen LogP contribution is -2.31. The monoisotopic (exact) mass is 267 g/mol. The van der Waals surface area contributed by atoms with Crippen LogP contribution in [0.5, 0.6) is 0 Å². The molecule has 0 fully saturated rings. The lowest BCUT2D eigenvalue weighted by molar-refractivity contribution is -0.151. The Bertz CT molecular complexity index is 534. The molecule has 0 aliphatic carbocycles. The molecule has 104 valence electrons. The molecule has 1 atom stereocenters. The first-order valence-electron chi connectivity index (χ1n) is 6.33. The number of hydrogen-bond donors (Lipinski definition) is 1. The van der Waals surface area contributed by atoms with Gasteiger partial charge in [0.15, 0.2) is 6.29 Å². The summed E-state index contributed by atoms with van der Waals surface area (Å²) in [5.41, 5.74) is 6.67. The summed E-state index contributed by atoms with van der Waals surface area (Å²) >= 11 is 0. The van der Waals surface area contributed by atoms with Gasteiger partial charge in [0.05, 0.1) is 0 Å². The summed E-state index contributed by atoms with van der Waals surface area (Å²) in [6.07, 6.45) is -0.569. The van der Waals surface area contributed by atoms with Gasteiger partial charge in [-0.3, -0.25) is 0 Å². The molecule has 5 heteroatoms. The topological polar surface area (TPSA) is 57.6 Å². The van der Waals surface area contributed by atoms with Gasteiger partial charge in [0.1, 0.15) is 23.2 Å². The minimum Gasteiger partial charge on any atom is -0.459 e. The van der Waals surface area contributed by atoms with Crippen LogP contribution in [-0.2, 0) is 9.47 Å². The molecule has 0 saturated carbocycles. The van der Waals surface area contributed by atoms with E-state index in [1.165, 1.54) is 12.1 Å². The third-order valence-corrected chi connectivity index (χ3v) is 2.78. The molecule has 4 nitrogen and oxygen atoms in total. The molecule has 1 unspecified atom stereocenters. The van der Waals surface area contributed by atoms with E-state index < -0.39 is 12.3 Å². The summed E-state index contributed by atoms with van der Waals surface area (Å²) in [5.74, 6) is 0.215. The highest BCUT2D eigenvalue weighted by Crippen LogP contribution is 2.26. The van der Waals surface area contributed by atoms with Crippen molar-refractivity contribution in [2.24, 2.45) is 5.73 Å². The van der Waals surface area contributed by atoms with Crippen molar-refractivity contribution in [2.75, 3.05) is 13.2 Å². The number of ether oxygens (including phenoxy) is 2. The first kappa shape index (κ1) is 14.0. The molecular weight excluding hydrogens is 249 g/mol. The predicted octanol–water partition coefficient (Wildman–Crippen LogP) is 2.97. The van der Waals surface area contributed by atoms with Gasteiger partial charge in [0.25, 0.3) is 0 Å². The van der Waals surface area contributed by atoms with Gasteiger partial charge in [-0.1, -0.05) is 0 Å². The zero-order valence-electron chi connectivity index (χ0n) is 11.1. The Hall–Kier alpha value is -1.43. The number of rotatable bonds is 6. The van der Waals surface area contributed by atoms with Crippen molar-refractivity contribution in [2.45, 2.75) is 26.2 Å². The Morgan fingerprint density at radius 1 is 1.21 bits per heavy atom. The highest BCUT2D eigenvalue weighted by Gasteiger charge is 2.23. The van der Waals surface area contributed by atoms with Crippen LogP contribution in [0, 0.1) is 5.82 Å². The second-order valence-electron chi connectivity index (χ2n) is 4.14. The van der Waals surface area contributed by atoms with E-state index in [9.17, 15) is 4.39 Å². The maximum atomic E-state index is 13.1. The van der Waals surface area contributed by atoms with E-state index in [0.717, 1.165) is 0 Å². The number of nitrogens with two attached hydrogens (primary N) is 1. The van der Waals surface area contributed by atoms with Crippen LogP contribution < -0.4 is 5.73 Å². The molecule has 0 aliphatic rings. The zero-order valence-corrected chi connectivity index (χ0v) is 11.1. The third kappa shape index (κ3) is 3.12. The molecule has 1 aromatic carbocycles. The summed E-state index contributed by atoms with van der Waals surface area (Å²) in [4.78, 5) is 0. The molecule has 0 aliphatic heterocycles. The second kappa shape index (κ2) is 6.14. The summed E-state index contributed by atoms with van der Waals surface area (Å²) < 4.78 is 29.6. The van der Waals surface area contributed by atoms with Crippen LogP contribution in [0.3, 0.4) is 0 Å². The average molecular weight is 267 g/mol. The standard InChI is InChI=1S/C14H18FNO3/c1-3-17-14(18-4-2)13(16)12-8-9-7-10(15)5-6-11(9)19-12/h5-8,13-14H,3-4,16H2,1-2H3. The van der Waals surface area contributed by atoms with E-state index in [1.54, 1.807) is 12.1 Å². The predicted molar refractivity (Wildman–Crippen MR) is 70.1 cm³/mol.